The predicted molar refractivity (Wildman–Crippen MR) is 124 cm³/mol. The highest BCUT2D eigenvalue weighted by atomic mass is 15.1. The molecule has 0 spiro atoms. The Bertz CT molecular complexity index is 1130. The molecule has 0 aromatic heterocycles. The molecule has 0 aliphatic heterocycles. The van der Waals surface area contributed by atoms with E-state index in [-0.39, 0.29) is 6.54 Å². The van der Waals surface area contributed by atoms with E-state index >= 15 is 0 Å². The van der Waals surface area contributed by atoms with Gasteiger partial charge in [0.15, 0.2) is 0 Å². The van der Waals surface area contributed by atoms with Gasteiger partial charge in [-0.15, -0.1) is 0 Å². The summed E-state index contributed by atoms with van der Waals surface area (Å²) < 4.78 is 0. The van der Waals surface area contributed by atoms with Crippen LogP contribution in [-0.4, -0.2) is 12.8 Å². The minimum absolute atomic E-state index is 0.154. The first-order valence-corrected chi connectivity index (χ1v) is 9.69. The van der Waals surface area contributed by atoms with Crippen LogP contribution < -0.4 is 4.90 Å². The number of anilines is 3. The van der Waals surface area contributed by atoms with Crippen molar-refractivity contribution >= 4 is 23.3 Å². The normalized spacial score (nSPS) is 9.18. The Labute approximate surface area is 192 Å². The van der Waals surface area contributed by atoms with Gasteiger partial charge in [0.25, 0.3) is 0 Å². The lowest BCUT2D eigenvalue weighted by atomic mass is 10.1. The second-order valence-electron chi connectivity index (χ2n) is 6.36. The third-order valence-corrected chi connectivity index (χ3v) is 4.24. The van der Waals surface area contributed by atoms with Crippen molar-refractivity contribution in [1.29, 1.82) is 26.3 Å². The molecule has 0 saturated carbocycles. The van der Waals surface area contributed by atoms with E-state index < -0.39 is 0 Å². The molecule has 0 aliphatic rings. The third-order valence-electron chi connectivity index (χ3n) is 4.24. The Morgan fingerprint density at radius 2 is 0.939 bits per heavy atom. The van der Waals surface area contributed by atoms with Gasteiger partial charge < -0.3 is 4.90 Å². The molecular formula is C26H17N7. The molecule has 156 valence electrons. The van der Waals surface area contributed by atoms with Gasteiger partial charge in [0.2, 0.25) is 0 Å². The zero-order valence-corrected chi connectivity index (χ0v) is 17.6. The van der Waals surface area contributed by atoms with Gasteiger partial charge in [-0.1, -0.05) is 0 Å². The first-order valence-electron chi connectivity index (χ1n) is 9.69. The van der Waals surface area contributed by atoms with Gasteiger partial charge >= 0.3 is 0 Å². The van der Waals surface area contributed by atoms with E-state index in [4.69, 9.17) is 26.3 Å². The molecule has 0 unspecified atom stereocenters. The maximum Gasteiger partial charge on any atom is 0.125 e. The zero-order chi connectivity index (χ0) is 23.9. The smallest absolute Gasteiger partial charge is 0.125 e. The molecule has 0 aliphatic carbocycles. The Kier molecular flexibility index (Phi) is 9.40. The molecule has 3 aromatic carbocycles. The van der Waals surface area contributed by atoms with E-state index in [1.54, 1.807) is 36.4 Å². The van der Waals surface area contributed by atoms with Crippen LogP contribution in [0.15, 0.2) is 77.8 Å². The first-order chi connectivity index (χ1) is 16.2. The van der Waals surface area contributed by atoms with E-state index in [0.717, 1.165) is 17.1 Å². The molecule has 0 fully saturated rings. The fourth-order valence-electron chi connectivity index (χ4n) is 2.71. The van der Waals surface area contributed by atoms with Gasteiger partial charge in [-0.3, -0.25) is 4.99 Å². The number of nitrogens with zero attached hydrogens (tertiary/aromatic N) is 7. The number of rotatable bonds is 5. The average molecular weight is 427 g/mol. The minimum Gasteiger partial charge on any atom is -0.311 e. The van der Waals surface area contributed by atoms with E-state index in [2.05, 4.69) is 23.2 Å². The number of nitriles is 5. The molecule has 0 N–H and O–H groups in total. The largest absolute Gasteiger partial charge is 0.311 e. The summed E-state index contributed by atoms with van der Waals surface area (Å²) in [5.74, 6) is 0. The fraction of sp³-hybridized carbons (Fsp3) is 0.0769. The van der Waals surface area contributed by atoms with Crippen LogP contribution >= 0.6 is 0 Å². The average Bonchev–Trinajstić information content (AvgIpc) is 2.88. The van der Waals surface area contributed by atoms with Gasteiger partial charge in [-0.2, -0.15) is 26.3 Å². The lowest BCUT2D eigenvalue weighted by molar-refractivity contribution is 1.24. The Balaban J connectivity index is 0.000000414. The molecule has 0 atom stereocenters. The SMILES string of the molecule is N#CCC=NCC#N.N#Cc1ccc(N(c2ccc(C#N)cc2)c2ccc(C#N)cc2)cc1. The molecule has 33 heavy (non-hydrogen) atoms. The molecule has 0 heterocycles. The molecule has 7 heteroatoms. The van der Waals surface area contributed by atoms with Gasteiger partial charge in [0.05, 0.1) is 53.5 Å². The van der Waals surface area contributed by atoms with Crippen molar-refractivity contribution in [3.63, 3.8) is 0 Å². The topological polar surface area (TPSA) is 135 Å². The van der Waals surface area contributed by atoms with Crippen molar-refractivity contribution < 1.29 is 0 Å². The lowest BCUT2D eigenvalue weighted by Crippen LogP contribution is -2.09. The summed E-state index contributed by atoms with van der Waals surface area (Å²) in [6.45, 7) is 0.154. The van der Waals surface area contributed by atoms with Crippen LogP contribution in [0.5, 0.6) is 0 Å². The van der Waals surface area contributed by atoms with Gasteiger partial charge in [0, 0.05) is 23.3 Å². The Morgan fingerprint density at radius 1 is 0.576 bits per heavy atom. The summed E-state index contributed by atoms with van der Waals surface area (Å²) in [5.41, 5.74) is 4.41. The molecule has 0 bridgehead atoms. The third kappa shape index (κ3) is 7.09. The molecule has 7 nitrogen and oxygen atoms in total. The second-order valence-corrected chi connectivity index (χ2v) is 6.36. The highest BCUT2D eigenvalue weighted by Gasteiger charge is 2.12. The number of benzene rings is 3. The maximum absolute atomic E-state index is 8.99. The Morgan fingerprint density at radius 3 is 1.21 bits per heavy atom. The Hall–Kier alpha value is -5.42. The quantitative estimate of drug-likeness (QED) is 0.402. The van der Waals surface area contributed by atoms with Crippen molar-refractivity contribution in [3.8, 4) is 30.3 Å². The summed E-state index contributed by atoms with van der Waals surface area (Å²) in [6, 6.07) is 31.8. The zero-order valence-electron chi connectivity index (χ0n) is 17.6. The maximum atomic E-state index is 8.99. The standard InChI is InChI=1S/C21H12N4.C5H5N3/c22-13-16-1-7-19(8-2-16)25(20-9-3-17(14-23)4-10-20)21-11-5-18(15-24)6-12-21;6-2-1-4-8-5-3-7/h1-12H;4H,1,5H2. The van der Waals surface area contributed by atoms with Crippen LogP contribution in [0.1, 0.15) is 23.1 Å². The van der Waals surface area contributed by atoms with Gasteiger partial charge in [-0.05, 0) is 72.8 Å². The fourth-order valence-corrected chi connectivity index (χ4v) is 2.71. The highest BCUT2D eigenvalue weighted by molar-refractivity contribution is 5.77. The molecule has 0 amide bonds. The summed E-state index contributed by atoms with van der Waals surface area (Å²) in [7, 11) is 0. The van der Waals surface area contributed by atoms with Crippen LogP contribution in [0.2, 0.25) is 0 Å². The first kappa shape index (κ1) is 23.9. The van der Waals surface area contributed by atoms with Crippen molar-refractivity contribution in [2.45, 2.75) is 6.42 Å². The summed E-state index contributed by atoms with van der Waals surface area (Å²) in [4.78, 5) is 5.57. The van der Waals surface area contributed by atoms with Crippen LogP contribution in [0, 0.1) is 56.7 Å². The second kappa shape index (κ2) is 13.0. The summed E-state index contributed by atoms with van der Waals surface area (Å²) in [5, 5.41) is 42.8. The lowest BCUT2D eigenvalue weighted by Gasteiger charge is -2.25. The van der Waals surface area contributed by atoms with Crippen molar-refractivity contribution in [2.24, 2.45) is 4.99 Å². The number of hydrogen-bond donors (Lipinski definition) is 0. The van der Waals surface area contributed by atoms with E-state index in [1.807, 2.05) is 53.4 Å². The van der Waals surface area contributed by atoms with Crippen LogP contribution in [0.25, 0.3) is 0 Å². The number of hydrogen-bond acceptors (Lipinski definition) is 7. The summed E-state index contributed by atoms with van der Waals surface area (Å²) in [6.07, 6.45) is 1.73. The monoisotopic (exact) mass is 427 g/mol. The van der Waals surface area contributed by atoms with Crippen molar-refractivity contribution in [3.05, 3.63) is 89.5 Å². The van der Waals surface area contributed by atoms with Crippen molar-refractivity contribution in [2.75, 3.05) is 11.4 Å². The molecular weight excluding hydrogens is 410 g/mol. The molecule has 3 rings (SSSR count). The van der Waals surface area contributed by atoms with Crippen LogP contribution in [0.3, 0.4) is 0 Å². The minimum atomic E-state index is 0.154. The van der Waals surface area contributed by atoms with E-state index in [9.17, 15) is 0 Å². The molecule has 3 aromatic rings. The van der Waals surface area contributed by atoms with Crippen molar-refractivity contribution in [1.82, 2.24) is 0 Å². The van der Waals surface area contributed by atoms with E-state index in [1.165, 1.54) is 6.21 Å². The van der Waals surface area contributed by atoms with Gasteiger partial charge in [0.1, 0.15) is 6.54 Å². The van der Waals surface area contributed by atoms with Crippen LogP contribution in [-0.2, 0) is 0 Å². The van der Waals surface area contributed by atoms with E-state index in [0.29, 0.717) is 23.1 Å². The summed E-state index contributed by atoms with van der Waals surface area (Å²) >= 11 is 0. The predicted octanol–water partition coefficient (Wildman–Crippen LogP) is 5.27. The molecule has 0 saturated heterocycles. The molecule has 0 radical (unpaired) electrons. The van der Waals surface area contributed by atoms with Gasteiger partial charge in [-0.25, -0.2) is 0 Å². The van der Waals surface area contributed by atoms with Crippen LogP contribution in [0.4, 0.5) is 17.1 Å². The highest BCUT2D eigenvalue weighted by Crippen LogP contribution is 2.34. The number of aliphatic imine (C=N–C) groups is 1.